The van der Waals surface area contributed by atoms with Crippen molar-refractivity contribution in [3.8, 4) is 0 Å². The van der Waals surface area contributed by atoms with E-state index in [-0.39, 0.29) is 11.8 Å². The molecule has 1 aliphatic rings. The van der Waals surface area contributed by atoms with Crippen LogP contribution in [0.2, 0.25) is 0 Å². The van der Waals surface area contributed by atoms with Crippen molar-refractivity contribution in [1.82, 2.24) is 14.8 Å². The standard InChI is InChI=1S/C21H25N3O2/c1-14-13-15(2)17(4)19(16(14)3)21(26)24-11-9-23(10-12-24)20(25)18-7-5-6-8-22-18/h5-8,13H,9-12H2,1-4H3. The van der Waals surface area contributed by atoms with Crippen LogP contribution in [0.3, 0.4) is 0 Å². The van der Waals surface area contributed by atoms with Gasteiger partial charge in [-0.1, -0.05) is 12.1 Å². The second-order valence-electron chi connectivity index (χ2n) is 6.93. The number of hydrogen-bond donors (Lipinski definition) is 0. The average Bonchev–Trinajstić information content (AvgIpc) is 2.67. The van der Waals surface area contributed by atoms with Gasteiger partial charge in [-0.25, -0.2) is 0 Å². The Hall–Kier alpha value is -2.69. The average molecular weight is 351 g/mol. The van der Waals surface area contributed by atoms with Gasteiger partial charge in [-0.2, -0.15) is 0 Å². The molecule has 1 aromatic carbocycles. The van der Waals surface area contributed by atoms with Crippen molar-refractivity contribution in [2.24, 2.45) is 0 Å². The largest absolute Gasteiger partial charge is 0.335 e. The van der Waals surface area contributed by atoms with Crippen LogP contribution in [0.4, 0.5) is 0 Å². The third kappa shape index (κ3) is 3.34. The summed E-state index contributed by atoms with van der Waals surface area (Å²) in [5, 5.41) is 0. The maximum absolute atomic E-state index is 13.1. The molecule has 0 aliphatic carbocycles. The minimum absolute atomic E-state index is 0.0664. The van der Waals surface area contributed by atoms with Gasteiger partial charge in [0.1, 0.15) is 5.69 Å². The molecule has 2 aromatic rings. The van der Waals surface area contributed by atoms with Crippen LogP contribution in [-0.4, -0.2) is 52.8 Å². The second kappa shape index (κ2) is 7.28. The highest BCUT2D eigenvalue weighted by Gasteiger charge is 2.28. The van der Waals surface area contributed by atoms with Crippen molar-refractivity contribution in [1.29, 1.82) is 0 Å². The number of hydrogen-bond acceptors (Lipinski definition) is 3. The van der Waals surface area contributed by atoms with Gasteiger partial charge in [0.2, 0.25) is 0 Å². The molecule has 1 aromatic heterocycles. The molecule has 2 heterocycles. The summed E-state index contributed by atoms with van der Waals surface area (Å²) in [4.78, 5) is 33.4. The molecule has 1 aliphatic heterocycles. The molecular formula is C21H25N3O2. The first-order valence-electron chi connectivity index (χ1n) is 8.97. The van der Waals surface area contributed by atoms with Crippen molar-refractivity contribution in [3.05, 3.63) is 64.0 Å². The predicted molar refractivity (Wildman–Crippen MR) is 101 cm³/mol. The van der Waals surface area contributed by atoms with Crippen molar-refractivity contribution in [3.63, 3.8) is 0 Å². The van der Waals surface area contributed by atoms with E-state index in [1.165, 1.54) is 0 Å². The van der Waals surface area contributed by atoms with Gasteiger partial charge in [-0.05, 0) is 62.1 Å². The van der Waals surface area contributed by atoms with Gasteiger partial charge >= 0.3 is 0 Å². The summed E-state index contributed by atoms with van der Waals surface area (Å²) in [5.74, 6) is -0.00630. The molecule has 5 heteroatoms. The van der Waals surface area contributed by atoms with Gasteiger partial charge in [0.15, 0.2) is 0 Å². The number of aromatic nitrogens is 1. The first kappa shape index (κ1) is 18.1. The lowest BCUT2D eigenvalue weighted by Gasteiger charge is -2.35. The zero-order chi connectivity index (χ0) is 18.8. The summed E-state index contributed by atoms with van der Waals surface area (Å²) in [6.07, 6.45) is 1.62. The number of carbonyl (C=O) groups excluding carboxylic acids is 2. The Balaban J connectivity index is 1.73. The van der Waals surface area contributed by atoms with Gasteiger partial charge in [-0.15, -0.1) is 0 Å². The fourth-order valence-corrected chi connectivity index (χ4v) is 3.46. The Morgan fingerprint density at radius 2 is 1.38 bits per heavy atom. The zero-order valence-corrected chi connectivity index (χ0v) is 15.9. The highest BCUT2D eigenvalue weighted by Crippen LogP contribution is 2.23. The number of aryl methyl sites for hydroxylation is 2. The summed E-state index contributed by atoms with van der Waals surface area (Å²) in [7, 11) is 0. The lowest BCUT2D eigenvalue weighted by atomic mass is 9.93. The quantitative estimate of drug-likeness (QED) is 0.836. The second-order valence-corrected chi connectivity index (χ2v) is 6.93. The highest BCUT2D eigenvalue weighted by molar-refractivity contribution is 5.98. The van der Waals surface area contributed by atoms with E-state index in [1.807, 2.05) is 38.7 Å². The predicted octanol–water partition coefficient (Wildman–Crippen LogP) is 2.91. The molecule has 136 valence electrons. The Bertz CT molecular complexity index is 812. The maximum atomic E-state index is 13.1. The van der Waals surface area contributed by atoms with E-state index in [2.05, 4.69) is 11.1 Å². The molecule has 0 spiro atoms. The van der Waals surface area contributed by atoms with Crippen LogP contribution in [0.1, 0.15) is 43.1 Å². The van der Waals surface area contributed by atoms with E-state index in [0.717, 1.165) is 27.8 Å². The molecule has 2 amide bonds. The van der Waals surface area contributed by atoms with Crippen LogP contribution in [0.15, 0.2) is 30.5 Å². The van der Waals surface area contributed by atoms with Crippen LogP contribution >= 0.6 is 0 Å². The van der Waals surface area contributed by atoms with E-state index < -0.39 is 0 Å². The molecule has 1 saturated heterocycles. The summed E-state index contributed by atoms with van der Waals surface area (Å²) < 4.78 is 0. The molecule has 0 unspecified atom stereocenters. The van der Waals surface area contributed by atoms with Gasteiger partial charge in [0, 0.05) is 37.9 Å². The van der Waals surface area contributed by atoms with Gasteiger partial charge in [0.25, 0.3) is 11.8 Å². The van der Waals surface area contributed by atoms with Crippen molar-refractivity contribution in [2.45, 2.75) is 27.7 Å². The molecule has 0 bridgehead atoms. The molecule has 26 heavy (non-hydrogen) atoms. The Morgan fingerprint density at radius 1 is 0.846 bits per heavy atom. The number of rotatable bonds is 2. The van der Waals surface area contributed by atoms with E-state index >= 15 is 0 Å². The molecule has 1 fully saturated rings. The molecule has 5 nitrogen and oxygen atoms in total. The lowest BCUT2D eigenvalue weighted by Crippen LogP contribution is -2.51. The summed E-state index contributed by atoms with van der Waals surface area (Å²) in [6, 6.07) is 7.46. The van der Waals surface area contributed by atoms with E-state index in [0.29, 0.717) is 31.9 Å². The lowest BCUT2D eigenvalue weighted by molar-refractivity contribution is 0.0531. The fourth-order valence-electron chi connectivity index (χ4n) is 3.46. The number of benzene rings is 1. The van der Waals surface area contributed by atoms with E-state index in [9.17, 15) is 9.59 Å². The highest BCUT2D eigenvalue weighted by atomic mass is 16.2. The summed E-state index contributed by atoms with van der Waals surface area (Å²) >= 11 is 0. The maximum Gasteiger partial charge on any atom is 0.272 e. The smallest absolute Gasteiger partial charge is 0.272 e. The van der Waals surface area contributed by atoms with Crippen LogP contribution < -0.4 is 0 Å². The fraction of sp³-hybridized carbons (Fsp3) is 0.381. The first-order chi connectivity index (χ1) is 12.4. The van der Waals surface area contributed by atoms with Crippen molar-refractivity contribution < 1.29 is 9.59 Å². The SMILES string of the molecule is Cc1cc(C)c(C)c(C(=O)N2CCN(C(=O)c3ccccn3)CC2)c1C. The minimum Gasteiger partial charge on any atom is -0.335 e. The van der Waals surface area contributed by atoms with Crippen molar-refractivity contribution in [2.75, 3.05) is 26.2 Å². The monoisotopic (exact) mass is 351 g/mol. The van der Waals surface area contributed by atoms with E-state index in [4.69, 9.17) is 0 Å². The third-order valence-corrected chi connectivity index (χ3v) is 5.32. The zero-order valence-electron chi connectivity index (χ0n) is 15.9. The normalized spacial score (nSPS) is 14.5. The van der Waals surface area contributed by atoms with Crippen LogP contribution in [-0.2, 0) is 0 Å². The van der Waals surface area contributed by atoms with Crippen LogP contribution in [0, 0.1) is 27.7 Å². The van der Waals surface area contributed by atoms with Gasteiger partial charge in [-0.3, -0.25) is 14.6 Å². The molecule has 0 atom stereocenters. The molecule has 0 radical (unpaired) electrons. The Morgan fingerprint density at radius 3 is 1.88 bits per heavy atom. The molecular weight excluding hydrogens is 326 g/mol. The number of pyridine rings is 1. The molecule has 0 N–H and O–H groups in total. The third-order valence-electron chi connectivity index (χ3n) is 5.32. The minimum atomic E-state index is -0.0727. The topological polar surface area (TPSA) is 53.5 Å². The Labute approximate surface area is 154 Å². The number of nitrogens with zero attached hydrogens (tertiary/aromatic N) is 3. The Kier molecular flexibility index (Phi) is 5.07. The van der Waals surface area contributed by atoms with Crippen LogP contribution in [0.25, 0.3) is 0 Å². The summed E-state index contributed by atoms with van der Waals surface area (Å²) in [5.41, 5.74) is 5.64. The number of piperazine rings is 1. The van der Waals surface area contributed by atoms with Gasteiger partial charge < -0.3 is 9.80 Å². The number of amides is 2. The van der Waals surface area contributed by atoms with Crippen LogP contribution in [0.5, 0.6) is 0 Å². The first-order valence-corrected chi connectivity index (χ1v) is 8.97. The molecule has 3 rings (SSSR count). The van der Waals surface area contributed by atoms with E-state index in [1.54, 1.807) is 23.2 Å². The van der Waals surface area contributed by atoms with Gasteiger partial charge in [0.05, 0.1) is 0 Å². The number of carbonyl (C=O) groups is 2. The van der Waals surface area contributed by atoms with Crippen molar-refractivity contribution >= 4 is 11.8 Å². The molecule has 0 saturated carbocycles. The summed E-state index contributed by atoms with van der Waals surface area (Å²) in [6.45, 7) is 10.3.